The Labute approximate surface area is 405 Å². The number of aromatic nitrogens is 4. The Kier molecular flexibility index (Phi) is 13.3. The summed E-state index contributed by atoms with van der Waals surface area (Å²) in [5.41, 5.74) is 18.8. The lowest BCUT2D eigenvalue weighted by Crippen LogP contribution is -2.45. The van der Waals surface area contributed by atoms with Crippen LogP contribution in [0.4, 0.5) is 0 Å². The molecular formula is C56H50Cl4N6. The van der Waals surface area contributed by atoms with Gasteiger partial charge in [0.05, 0.1) is 32.5 Å². The molecule has 0 fully saturated rings. The van der Waals surface area contributed by atoms with Gasteiger partial charge in [-0.3, -0.25) is 9.97 Å². The molecule has 0 saturated heterocycles. The summed E-state index contributed by atoms with van der Waals surface area (Å²) in [6.45, 7) is 3.45. The van der Waals surface area contributed by atoms with Crippen molar-refractivity contribution in [2.45, 2.75) is 64.1 Å². The molecule has 66 heavy (non-hydrogen) atoms. The Morgan fingerprint density at radius 1 is 0.500 bits per heavy atom. The summed E-state index contributed by atoms with van der Waals surface area (Å²) in [4.78, 5) is 11.1. The molecule has 0 bridgehead atoms. The van der Waals surface area contributed by atoms with E-state index in [9.17, 15) is 0 Å². The number of nitrogens with zero attached hydrogens (tertiary/aromatic N) is 4. The van der Waals surface area contributed by atoms with Gasteiger partial charge in [0.25, 0.3) is 0 Å². The molecule has 332 valence electrons. The van der Waals surface area contributed by atoms with E-state index in [0.717, 1.165) is 114 Å². The predicted octanol–water partition coefficient (Wildman–Crippen LogP) is 16.0. The fourth-order valence-corrected chi connectivity index (χ4v) is 10.6. The van der Waals surface area contributed by atoms with Crippen LogP contribution >= 0.6 is 46.4 Å². The smallest absolute Gasteiger partial charge is 0.0963 e. The maximum absolute atomic E-state index is 7.83. The van der Waals surface area contributed by atoms with Crippen LogP contribution in [0.1, 0.15) is 55.1 Å². The second kappa shape index (κ2) is 19.3. The first-order chi connectivity index (χ1) is 31.7. The molecule has 0 amide bonds. The lowest BCUT2D eigenvalue weighted by molar-refractivity contribution is 0.365. The number of unbranched alkanes of at least 4 members (excludes halogenated alkanes) is 2. The number of fused-ring (bicyclic) bond motifs is 6. The zero-order valence-corrected chi connectivity index (χ0v) is 39.8. The largest absolute Gasteiger partial charge is 0.344 e. The van der Waals surface area contributed by atoms with Crippen molar-refractivity contribution in [3.05, 3.63) is 200 Å². The monoisotopic (exact) mass is 946 g/mol. The summed E-state index contributed by atoms with van der Waals surface area (Å²) >= 11 is 27.2. The van der Waals surface area contributed by atoms with E-state index in [4.69, 9.17) is 62.1 Å². The van der Waals surface area contributed by atoms with Crippen LogP contribution in [0.15, 0.2) is 158 Å². The molecule has 6 nitrogen and oxygen atoms in total. The van der Waals surface area contributed by atoms with Crippen molar-refractivity contribution in [2.75, 3.05) is 0 Å². The van der Waals surface area contributed by atoms with Crippen LogP contribution in [-0.2, 0) is 25.9 Å². The van der Waals surface area contributed by atoms with Crippen molar-refractivity contribution in [1.29, 1.82) is 0 Å². The minimum Gasteiger partial charge on any atom is -0.344 e. The van der Waals surface area contributed by atoms with Gasteiger partial charge in [-0.25, -0.2) is 0 Å². The fourth-order valence-electron chi connectivity index (χ4n) is 9.77. The van der Waals surface area contributed by atoms with Crippen LogP contribution in [0.25, 0.3) is 66.1 Å². The van der Waals surface area contributed by atoms with Gasteiger partial charge < -0.3 is 21.0 Å². The van der Waals surface area contributed by atoms with E-state index in [0.29, 0.717) is 46.0 Å². The maximum Gasteiger partial charge on any atom is 0.0963 e. The zero-order chi connectivity index (χ0) is 44.7. The molecule has 10 rings (SSSR count). The summed E-state index contributed by atoms with van der Waals surface area (Å²) in [5, 5.41) is 7.17. The second-order valence-electron chi connectivity index (χ2n) is 17.3. The third-order valence-corrected chi connectivity index (χ3v) is 13.8. The normalized spacial score (nSPS) is 11.8. The zero-order valence-electron chi connectivity index (χ0n) is 36.8. The third-order valence-electron chi connectivity index (χ3n) is 12.7. The highest BCUT2D eigenvalue weighted by molar-refractivity contribution is 6.34. The average molecular weight is 949 g/mol. The standard InChI is InChI=1S/C56H47Cl4N5.H3N/c1-2-3-12-27-56(61,32-40-30-46-42-19-6-10-25-50(42)64(34-36-15-13-17-38(57)28-36)54(46)52(62-40)44-21-4-8-23-48(44)59)33-41-31-47-43-20-7-11-26-51(43)65(35-37-16-14-18-39(58)29-37)55(47)53(63-41)45-22-5-9-24-49(45)60;/h4-11,13-26,28-31H,2-3,12,27,32-35,61H2,1H3;1H3. The molecule has 0 saturated carbocycles. The van der Waals surface area contributed by atoms with Crippen molar-refractivity contribution in [3.8, 4) is 22.5 Å². The van der Waals surface area contributed by atoms with Crippen LogP contribution < -0.4 is 11.9 Å². The predicted molar refractivity (Wildman–Crippen MR) is 280 cm³/mol. The number of halogens is 4. The molecule has 6 aromatic carbocycles. The number of pyridine rings is 2. The summed E-state index contributed by atoms with van der Waals surface area (Å²) in [5.74, 6) is 0. The molecule has 10 heteroatoms. The summed E-state index contributed by atoms with van der Waals surface area (Å²) < 4.78 is 4.70. The van der Waals surface area contributed by atoms with Gasteiger partial charge in [0.15, 0.2) is 0 Å². The highest BCUT2D eigenvalue weighted by atomic mass is 35.5. The maximum atomic E-state index is 7.83. The molecule has 4 heterocycles. The summed E-state index contributed by atoms with van der Waals surface area (Å²) in [6.07, 6.45) is 4.96. The van der Waals surface area contributed by atoms with Crippen LogP contribution in [0.2, 0.25) is 20.1 Å². The molecular weight excluding hydrogens is 898 g/mol. The van der Waals surface area contributed by atoms with Crippen molar-refractivity contribution in [2.24, 2.45) is 5.73 Å². The molecule has 5 N–H and O–H groups in total. The minimum atomic E-state index is -0.704. The molecule has 0 radical (unpaired) electrons. The number of nitrogens with two attached hydrogens (primary N) is 1. The molecule has 4 aromatic heterocycles. The van der Waals surface area contributed by atoms with Crippen molar-refractivity contribution >= 4 is 90.0 Å². The fraction of sp³-hybridized carbons (Fsp3) is 0.179. The Hall–Kier alpha value is -5.70. The average Bonchev–Trinajstić information content (AvgIpc) is 3.78. The Morgan fingerprint density at radius 2 is 0.939 bits per heavy atom. The number of rotatable bonds is 14. The summed E-state index contributed by atoms with van der Waals surface area (Å²) in [7, 11) is 0. The quantitative estimate of drug-likeness (QED) is 0.106. The Balaban J connectivity index is 0.00000548. The first-order valence-electron chi connectivity index (χ1n) is 22.3. The first kappa shape index (κ1) is 45.5. The van der Waals surface area contributed by atoms with E-state index in [1.54, 1.807) is 0 Å². The van der Waals surface area contributed by atoms with Gasteiger partial charge in [0.2, 0.25) is 0 Å². The van der Waals surface area contributed by atoms with Crippen LogP contribution in [-0.4, -0.2) is 24.6 Å². The van der Waals surface area contributed by atoms with Crippen LogP contribution in [0, 0.1) is 0 Å². The highest BCUT2D eigenvalue weighted by Crippen LogP contribution is 2.42. The van der Waals surface area contributed by atoms with E-state index in [2.05, 4.69) is 101 Å². The number of benzene rings is 6. The van der Waals surface area contributed by atoms with Crippen molar-refractivity contribution in [1.82, 2.24) is 25.3 Å². The topological polar surface area (TPSA) is 96.7 Å². The van der Waals surface area contributed by atoms with E-state index in [1.807, 2.05) is 72.8 Å². The molecule has 0 aliphatic rings. The van der Waals surface area contributed by atoms with Crippen LogP contribution in [0.5, 0.6) is 0 Å². The minimum absolute atomic E-state index is 0. The Morgan fingerprint density at radius 3 is 1.38 bits per heavy atom. The van der Waals surface area contributed by atoms with E-state index in [-0.39, 0.29) is 6.15 Å². The van der Waals surface area contributed by atoms with Gasteiger partial charge in [0, 0.05) is 96.6 Å². The third kappa shape index (κ3) is 8.94. The van der Waals surface area contributed by atoms with Crippen molar-refractivity contribution < 1.29 is 0 Å². The molecule has 0 spiro atoms. The SMILES string of the molecule is CCCCCC(N)(Cc1cc2c3ccccc3n(Cc3cccc(Cl)c3)c2c(-c2ccccc2Cl)n1)Cc1cc2c3ccccc3n(Cc3cccc(Cl)c3)c2c(-c2ccccc2Cl)n1.N. The van der Waals surface area contributed by atoms with Gasteiger partial charge in [-0.15, -0.1) is 0 Å². The Bertz CT molecular complexity index is 3170. The van der Waals surface area contributed by atoms with Gasteiger partial charge in [0.1, 0.15) is 0 Å². The highest BCUT2D eigenvalue weighted by Gasteiger charge is 2.30. The number of hydrogen-bond donors (Lipinski definition) is 2. The lowest BCUT2D eigenvalue weighted by Gasteiger charge is -2.30. The van der Waals surface area contributed by atoms with Gasteiger partial charge in [-0.2, -0.15) is 0 Å². The van der Waals surface area contributed by atoms with E-state index < -0.39 is 5.54 Å². The first-order valence-corrected chi connectivity index (χ1v) is 23.8. The van der Waals surface area contributed by atoms with Gasteiger partial charge in [-0.1, -0.05) is 170 Å². The van der Waals surface area contributed by atoms with E-state index >= 15 is 0 Å². The molecule has 0 unspecified atom stereocenters. The molecule has 0 aliphatic carbocycles. The second-order valence-corrected chi connectivity index (χ2v) is 19.0. The lowest BCUT2D eigenvalue weighted by atomic mass is 9.83. The number of para-hydroxylation sites is 2. The number of hydrogen-bond acceptors (Lipinski definition) is 4. The van der Waals surface area contributed by atoms with E-state index in [1.165, 1.54) is 0 Å². The van der Waals surface area contributed by atoms with Gasteiger partial charge >= 0.3 is 0 Å². The summed E-state index contributed by atoms with van der Waals surface area (Å²) in [6, 6.07) is 53.7. The molecule has 10 aromatic rings. The van der Waals surface area contributed by atoms with Crippen LogP contribution in [0.3, 0.4) is 0 Å². The molecule has 0 atom stereocenters. The van der Waals surface area contributed by atoms with Gasteiger partial charge in [-0.05, 0) is 78.2 Å². The van der Waals surface area contributed by atoms with Crippen molar-refractivity contribution in [3.63, 3.8) is 0 Å². The molecule has 0 aliphatic heterocycles.